The minimum Gasteiger partial charge on any atom is -0.383 e. The van der Waals surface area contributed by atoms with Gasteiger partial charge in [-0.3, -0.25) is 0 Å². The van der Waals surface area contributed by atoms with Gasteiger partial charge in [-0.1, -0.05) is 12.1 Å². The van der Waals surface area contributed by atoms with Crippen LogP contribution in [0.15, 0.2) is 18.2 Å². The van der Waals surface area contributed by atoms with Crippen LogP contribution in [0.4, 0.5) is 5.69 Å². The number of hydrogen-bond donors (Lipinski definition) is 1. The first-order valence-corrected chi connectivity index (χ1v) is 5.84. The molecule has 1 aromatic carbocycles. The van der Waals surface area contributed by atoms with Gasteiger partial charge >= 0.3 is 0 Å². The number of fused-ring (bicyclic) bond motifs is 1. The molecule has 0 aromatic heterocycles. The molecule has 0 radical (unpaired) electrons. The van der Waals surface area contributed by atoms with Gasteiger partial charge in [0.1, 0.15) is 0 Å². The summed E-state index contributed by atoms with van der Waals surface area (Å²) >= 11 is 0. The standard InChI is InChI=1S/C13H20N2O/c1-10(14)11-3-4-13-12(9-11)5-6-15(13)7-8-16-2/h3-4,9-10H,5-8,14H2,1-2H3. The molecule has 3 heteroatoms. The summed E-state index contributed by atoms with van der Waals surface area (Å²) in [7, 11) is 1.75. The third-order valence-electron chi connectivity index (χ3n) is 3.19. The van der Waals surface area contributed by atoms with E-state index in [2.05, 4.69) is 23.1 Å². The van der Waals surface area contributed by atoms with Crippen molar-refractivity contribution in [1.82, 2.24) is 0 Å². The first-order chi connectivity index (χ1) is 7.72. The van der Waals surface area contributed by atoms with E-state index in [0.717, 1.165) is 26.1 Å². The van der Waals surface area contributed by atoms with E-state index in [0.29, 0.717) is 0 Å². The highest BCUT2D eigenvalue weighted by Gasteiger charge is 2.19. The van der Waals surface area contributed by atoms with E-state index in [1.54, 1.807) is 7.11 Å². The largest absolute Gasteiger partial charge is 0.383 e. The van der Waals surface area contributed by atoms with Gasteiger partial charge in [0, 0.05) is 31.9 Å². The Morgan fingerprint density at radius 2 is 2.31 bits per heavy atom. The second kappa shape index (κ2) is 4.85. The second-order valence-electron chi connectivity index (χ2n) is 4.41. The Balaban J connectivity index is 2.15. The normalized spacial score (nSPS) is 16.3. The number of nitrogens with two attached hydrogens (primary N) is 1. The summed E-state index contributed by atoms with van der Waals surface area (Å²) in [5.41, 5.74) is 9.89. The fourth-order valence-corrected chi connectivity index (χ4v) is 2.21. The quantitative estimate of drug-likeness (QED) is 0.839. The van der Waals surface area contributed by atoms with Crippen molar-refractivity contribution >= 4 is 5.69 Å². The van der Waals surface area contributed by atoms with E-state index in [1.165, 1.54) is 16.8 Å². The monoisotopic (exact) mass is 220 g/mol. The van der Waals surface area contributed by atoms with Gasteiger partial charge in [-0.25, -0.2) is 0 Å². The maximum atomic E-state index is 5.89. The lowest BCUT2D eigenvalue weighted by Gasteiger charge is -2.19. The minimum atomic E-state index is 0.123. The summed E-state index contributed by atoms with van der Waals surface area (Å²) in [6.07, 6.45) is 1.12. The topological polar surface area (TPSA) is 38.5 Å². The number of hydrogen-bond acceptors (Lipinski definition) is 3. The molecule has 2 N–H and O–H groups in total. The van der Waals surface area contributed by atoms with E-state index in [9.17, 15) is 0 Å². The molecule has 16 heavy (non-hydrogen) atoms. The Morgan fingerprint density at radius 3 is 3.00 bits per heavy atom. The van der Waals surface area contributed by atoms with Crippen LogP contribution in [0.1, 0.15) is 24.1 Å². The van der Waals surface area contributed by atoms with Crippen molar-refractivity contribution in [2.45, 2.75) is 19.4 Å². The van der Waals surface area contributed by atoms with Gasteiger partial charge in [0.25, 0.3) is 0 Å². The zero-order valence-corrected chi connectivity index (χ0v) is 10.1. The summed E-state index contributed by atoms with van der Waals surface area (Å²) in [6, 6.07) is 6.69. The molecule has 0 aliphatic carbocycles. The second-order valence-corrected chi connectivity index (χ2v) is 4.41. The van der Waals surface area contributed by atoms with E-state index < -0.39 is 0 Å². The van der Waals surface area contributed by atoms with Crippen molar-refractivity contribution in [1.29, 1.82) is 0 Å². The Labute approximate surface area is 97.2 Å². The number of anilines is 1. The number of rotatable bonds is 4. The number of nitrogens with zero attached hydrogens (tertiary/aromatic N) is 1. The van der Waals surface area contributed by atoms with Crippen molar-refractivity contribution in [3.8, 4) is 0 Å². The molecule has 1 aliphatic heterocycles. The molecule has 88 valence electrons. The SMILES string of the molecule is COCCN1CCc2cc(C(C)N)ccc21. The first-order valence-electron chi connectivity index (χ1n) is 5.84. The Bertz CT molecular complexity index is 363. The lowest BCUT2D eigenvalue weighted by Crippen LogP contribution is -2.24. The van der Waals surface area contributed by atoms with E-state index in [1.807, 2.05) is 6.92 Å². The first kappa shape index (κ1) is 11.4. The van der Waals surface area contributed by atoms with Crippen LogP contribution in [0.5, 0.6) is 0 Å². The van der Waals surface area contributed by atoms with Crippen molar-refractivity contribution in [2.24, 2.45) is 5.73 Å². The molecule has 1 unspecified atom stereocenters. The van der Waals surface area contributed by atoms with Crippen molar-refractivity contribution < 1.29 is 4.74 Å². The molecule has 0 spiro atoms. The summed E-state index contributed by atoms with van der Waals surface area (Å²) in [5, 5.41) is 0. The molecule has 1 aromatic rings. The Hall–Kier alpha value is -1.06. The molecule has 1 aliphatic rings. The average Bonchev–Trinajstić information content (AvgIpc) is 2.68. The number of benzene rings is 1. The van der Waals surface area contributed by atoms with Crippen molar-refractivity contribution in [3.05, 3.63) is 29.3 Å². The highest BCUT2D eigenvalue weighted by molar-refractivity contribution is 5.59. The molecule has 0 saturated heterocycles. The van der Waals surface area contributed by atoms with Crippen LogP contribution in [0.2, 0.25) is 0 Å². The van der Waals surface area contributed by atoms with Crippen LogP contribution >= 0.6 is 0 Å². The molecule has 3 nitrogen and oxygen atoms in total. The third kappa shape index (κ3) is 2.20. The van der Waals surface area contributed by atoms with Crippen LogP contribution < -0.4 is 10.6 Å². The van der Waals surface area contributed by atoms with Crippen molar-refractivity contribution in [2.75, 3.05) is 31.7 Å². The zero-order chi connectivity index (χ0) is 11.5. The molecular formula is C13H20N2O. The Morgan fingerprint density at radius 1 is 1.50 bits per heavy atom. The van der Waals surface area contributed by atoms with Crippen LogP contribution in [0, 0.1) is 0 Å². The molecular weight excluding hydrogens is 200 g/mol. The molecule has 1 atom stereocenters. The van der Waals surface area contributed by atoms with E-state index in [-0.39, 0.29) is 6.04 Å². The van der Waals surface area contributed by atoms with Crippen LogP contribution in [0.25, 0.3) is 0 Å². The fourth-order valence-electron chi connectivity index (χ4n) is 2.21. The maximum Gasteiger partial charge on any atom is 0.0637 e. The smallest absolute Gasteiger partial charge is 0.0637 e. The molecule has 0 fully saturated rings. The van der Waals surface area contributed by atoms with Gasteiger partial charge in [-0.15, -0.1) is 0 Å². The predicted molar refractivity (Wildman–Crippen MR) is 66.8 cm³/mol. The summed E-state index contributed by atoms with van der Waals surface area (Å²) < 4.78 is 5.12. The van der Waals surface area contributed by atoms with E-state index in [4.69, 9.17) is 10.5 Å². The van der Waals surface area contributed by atoms with Crippen LogP contribution in [0.3, 0.4) is 0 Å². The molecule has 0 saturated carbocycles. The van der Waals surface area contributed by atoms with Gasteiger partial charge in [-0.05, 0) is 30.5 Å². The minimum absolute atomic E-state index is 0.123. The Kier molecular flexibility index (Phi) is 3.46. The summed E-state index contributed by atoms with van der Waals surface area (Å²) in [5.74, 6) is 0. The van der Waals surface area contributed by atoms with Gasteiger partial charge in [0.05, 0.1) is 6.61 Å². The van der Waals surface area contributed by atoms with E-state index >= 15 is 0 Å². The highest BCUT2D eigenvalue weighted by Crippen LogP contribution is 2.29. The zero-order valence-electron chi connectivity index (χ0n) is 10.1. The lowest BCUT2D eigenvalue weighted by molar-refractivity contribution is 0.205. The van der Waals surface area contributed by atoms with Crippen LogP contribution in [-0.2, 0) is 11.2 Å². The average molecular weight is 220 g/mol. The summed E-state index contributed by atoms with van der Waals surface area (Å²) in [6.45, 7) is 4.88. The van der Waals surface area contributed by atoms with Gasteiger partial charge in [0.2, 0.25) is 0 Å². The highest BCUT2D eigenvalue weighted by atomic mass is 16.5. The molecule has 2 rings (SSSR count). The predicted octanol–water partition coefficient (Wildman–Crippen LogP) is 1.72. The van der Waals surface area contributed by atoms with Crippen LogP contribution in [-0.4, -0.2) is 26.8 Å². The molecule has 0 amide bonds. The third-order valence-corrected chi connectivity index (χ3v) is 3.19. The van der Waals surface area contributed by atoms with Crippen molar-refractivity contribution in [3.63, 3.8) is 0 Å². The lowest BCUT2D eigenvalue weighted by atomic mass is 10.0. The molecule has 0 bridgehead atoms. The van der Waals surface area contributed by atoms with Gasteiger partial charge < -0.3 is 15.4 Å². The number of methoxy groups -OCH3 is 1. The number of ether oxygens (including phenoxy) is 1. The van der Waals surface area contributed by atoms with Gasteiger partial charge in [-0.2, -0.15) is 0 Å². The summed E-state index contributed by atoms with van der Waals surface area (Å²) in [4.78, 5) is 2.38. The van der Waals surface area contributed by atoms with Gasteiger partial charge in [0.15, 0.2) is 0 Å². The molecule has 1 heterocycles. The fraction of sp³-hybridized carbons (Fsp3) is 0.538. The maximum absolute atomic E-state index is 5.89.